The number of aliphatic hydroxyl groups is 1. The number of hydrogen-bond donors (Lipinski definition) is 2. The summed E-state index contributed by atoms with van der Waals surface area (Å²) in [5, 5.41) is 10.0. The first-order valence-corrected chi connectivity index (χ1v) is 7.02. The van der Waals surface area contributed by atoms with Crippen LogP contribution in [0.15, 0.2) is 24.3 Å². The summed E-state index contributed by atoms with van der Waals surface area (Å²) in [7, 11) is 0. The molecule has 134 valence electrons. The number of alkyl halides is 4. The Bertz CT molecular complexity index is 475. The van der Waals surface area contributed by atoms with Crippen molar-refractivity contribution in [1.82, 2.24) is 0 Å². The van der Waals surface area contributed by atoms with Gasteiger partial charge in [-0.3, -0.25) is 0 Å². The Morgan fingerprint density at radius 2 is 1.74 bits per heavy atom. The molecule has 0 radical (unpaired) electrons. The monoisotopic (exact) mass is 359 g/mol. The van der Waals surface area contributed by atoms with E-state index in [1.807, 2.05) is 13.8 Å². The highest BCUT2D eigenvalue weighted by atomic mass is 35.5. The van der Waals surface area contributed by atoms with Gasteiger partial charge in [0.2, 0.25) is 0 Å². The van der Waals surface area contributed by atoms with Crippen LogP contribution in [0.3, 0.4) is 0 Å². The minimum absolute atomic E-state index is 0. The molecule has 0 aromatic heterocycles. The lowest BCUT2D eigenvalue weighted by molar-refractivity contribution is -0.253. The van der Waals surface area contributed by atoms with Crippen molar-refractivity contribution in [1.29, 1.82) is 0 Å². The maximum absolute atomic E-state index is 13.1. The molecule has 23 heavy (non-hydrogen) atoms. The minimum atomic E-state index is -4.61. The van der Waals surface area contributed by atoms with E-state index in [-0.39, 0.29) is 18.0 Å². The second-order valence-corrected chi connectivity index (χ2v) is 5.57. The smallest absolute Gasteiger partial charge is 0.428 e. The Morgan fingerprint density at radius 1 is 1.17 bits per heavy atom. The zero-order valence-electron chi connectivity index (χ0n) is 12.9. The molecule has 3 N–H and O–H groups in total. The average Bonchev–Trinajstić information content (AvgIpc) is 2.44. The second-order valence-electron chi connectivity index (χ2n) is 5.57. The number of para-hydroxylation sites is 1. The van der Waals surface area contributed by atoms with Crippen molar-refractivity contribution in [3.05, 3.63) is 29.8 Å². The molecule has 1 aromatic carbocycles. The first-order valence-electron chi connectivity index (χ1n) is 7.02. The van der Waals surface area contributed by atoms with Crippen molar-refractivity contribution in [2.45, 2.75) is 51.4 Å². The van der Waals surface area contributed by atoms with Gasteiger partial charge in [0, 0.05) is 5.56 Å². The van der Waals surface area contributed by atoms with E-state index in [9.17, 15) is 22.7 Å². The normalized spacial score (nSPS) is 14.5. The largest absolute Gasteiger partial charge is 0.461 e. The molecule has 0 spiro atoms. The summed E-state index contributed by atoms with van der Waals surface area (Å²) in [6.07, 6.45) is -8.47. The number of aliphatic hydroxyl groups excluding tert-OH is 1. The van der Waals surface area contributed by atoms with E-state index in [1.165, 1.54) is 18.2 Å². The fourth-order valence-corrected chi connectivity index (χ4v) is 1.93. The molecule has 0 heterocycles. The Hall–Kier alpha value is -1.05. The van der Waals surface area contributed by atoms with Crippen molar-refractivity contribution in [3.8, 4) is 5.75 Å². The number of hydrogen-bond acceptors (Lipinski definition) is 3. The van der Waals surface area contributed by atoms with Gasteiger partial charge in [-0.25, -0.2) is 0 Å². The van der Waals surface area contributed by atoms with Crippen molar-refractivity contribution < 1.29 is 27.4 Å². The highest BCUT2D eigenvalue weighted by Crippen LogP contribution is 2.33. The van der Waals surface area contributed by atoms with E-state index in [0.717, 1.165) is 6.07 Å². The van der Waals surface area contributed by atoms with E-state index >= 15 is 0 Å². The van der Waals surface area contributed by atoms with Gasteiger partial charge in [-0.2, -0.15) is 17.6 Å². The highest BCUT2D eigenvalue weighted by molar-refractivity contribution is 5.85. The summed E-state index contributed by atoms with van der Waals surface area (Å²) in [6, 6.07) is 4.38. The fourth-order valence-electron chi connectivity index (χ4n) is 1.93. The van der Waals surface area contributed by atoms with Gasteiger partial charge in [0.25, 0.3) is 0 Å². The number of rotatable bonds is 8. The average molecular weight is 360 g/mol. The van der Waals surface area contributed by atoms with Gasteiger partial charge < -0.3 is 15.6 Å². The molecule has 0 saturated heterocycles. The SMILES string of the molecule is CC(C)CC[C@@H](O)[C@@H](N)c1ccccc1OC(F)(F)C(F)F.Cl. The molecule has 0 bridgehead atoms. The molecule has 3 nitrogen and oxygen atoms in total. The van der Waals surface area contributed by atoms with Gasteiger partial charge in [0.05, 0.1) is 12.1 Å². The van der Waals surface area contributed by atoms with Crippen LogP contribution in [0.2, 0.25) is 0 Å². The van der Waals surface area contributed by atoms with Gasteiger partial charge in [0.15, 0.2) is 0 Å². The zero-order chi connectivity index (χ0) is 16.9. The van der Waals surface area contributed by atoms with Crippen LogP contribution < -0.4 is 10.5 Å². The molecule has 1 aromatic rings. The third-order valence-electron chi connectivity index (χ3n) is 3.23. The first-order chi connectivity index (χ1) is 10.1. The van der Waals surface area contributed by atoms with Crippen LogP contribution in [0.4, 0.5) is 17.6 Å². The first kappa shape index (κ1) is 21.9. The molecule has 2 atom stereocenters. The third-order valence-corrected chi connectivity index (χ3v) is 3.23. The molecule has 0 aliphatic rings. The van der Waals surface area contributed by atoms with Gasteiger partial charge in [0.1, 0.15) is 5.75 Å². The minimum Gasteiger partial charge on any atom is -0.428 e. The molecule has 1 rings (SSSR count). The summed E-state index contributed by atoms with van der Waals surface area (Å²) < 4.78 is 54.7. The number of ether oxygens (including phenoxy) is 1. The lowest BCUT2D eigenvalue weighted by atomic mass is 9.95. The van der Waals surface area contributed by atoms with Crippen molar-refractivity contribution in [2.24, 2.45) is 11.7 Å². The molecule has 0 unspecified atom stereocenters. The third kappa shape index (κ3) is 6.53. The molecule has 0 aliphatic carbocycles. The van der Waals surface area contributed by atoms with Crippen LogP contribution in [0.25, 0.3) is 0 Å². The van der Waals surface area contributed by atoms with E-state index in [0.29, 0.717) is 18.8 Å². The van der Waals surface area contributed by atoms with Gasteiger partial charge >= 0.3 is 12.5 Å². The van der Waals surface area contributed by atoms with E-state index in [4.69, 9.17) is 5.73 Å². The van der Waals surface area contributed by atoms with Crippen LogP contribution in [0, 0.1) is 5.92 Å². The van der Waals surface area contributed by atoms with Gasteiger partial charge in [-0.1, -0.05) is 32.0 Å². The summed E-state index contributed by atoms with van der Waals surface area (Å²) in [4.78, 5) is 0. The van der Waals surface area contributed by atoms with Crippen molar-refractivity contribution in [3.63, 3.8) is 0 Å². The maximum atomic E-state index is 13.1. The highest BCUT2D eigenvalue weighted by Gasteiger charge is 2.44. The molecule has 0 aliphatic heterocycles. The van der Waals surface area contributed by atoms with Crippen LogP contribution >= 0.6 is 12.4 Å². The van der Waals surface area contributed by atoms with Crippen LogP contribution in [0.5, 0.6) is 5.75 Å². The van der Waals surface area contributed by atoms with E-state index in [2.05, 4.69) is 4.74 Å². The van der Waals surface area contributed by atoms with Crippen LogP contribution in [-0.2, 0) is 0 Å². The molecular weight excluding hydrogens is 338 g/mol. The summed E-state index contributed by atoms with van der Waals surface area (Å²) in [5.74, 6) is -0.111. The van der Waals surface area contributed by atoms with Crippen LogP contribution in [-0.4, -0.2) is 23.7 Å². The standard InChI is InChI=1S/C15H21F4NO2.ClH/c1-9(2)7-8-11(21)13(20)10-5-3-4-6-12(10)22-15(18,19)14(16)17;/h3-6,9,11,13-14,21H,7-8,20H2,1-2H3;1H/t11-,13+;/m1./s1. The number of nitrogens with two attached hydrogens (primary N) is 1. The topological polar surface area (TPSA) is 55.5 Å². The Morgan fingerprint density at radius 3 is 2.26 bits per heavy atom. The lowest BCUT2D eigenvalue weighted by Crippen LogP contribution is -2.35. The zero-order valence-corrected chi connectivity index (χ0v) is 13.7. The Labute approximate surface area is 139 Å². The van der Waals surface area contributed by atoms with E-state index in [1.54, 1.807) is 0 Å². The summed E-state index contributed by atoms with van der Waals surface area (Å²) in [5.41, 5.74) is 5.93. The molecule has 0 saturated carbocycles. The molecular formula is C15H22ClF4NO2. The molecule has 0 fully saturated rings. The molecule has 0 amide bonds. The summed E-state index contributed by atoms with van der Waals surface area (Å²) in [6.45, 7) is 3.94. The maximum Gasteiger partial charge on any atom is 0.461 e. The quantitative estimate of drug-likeness (QED) is 0.686. The van der Waals surface area contributed by atoms with Gasteiger partial charge in [-0.15, -0.1) is 12.4 Å². The lowest BCUT2D eigenvalue weighted by Gasteiger charge is -2.24. The molecule has 8 heteroatoms. The second kappa shape index (κ2) is 9.30. The van der Waals surface area contributed by atoms with Gasteiger partial charge in [-0.05, 0) is 24.8 Å². The number of benzene rings is 1. The number of halogens is 5. The predicted octanol–water partition coefficient (Wildman–Crippen LogP) is 4.14. The fraction of sp³-hybridized carbons (Fsp3) is 0.600. The van der Waals surface area contributed by atoms with Crippen molar-refractivity contribution >= 4 is 12.4 Å². The Balaban J connectivity index is 0.00000484. The van der Waals surface area contributed by atoms with Crippen molar-refractivity contribution in [2.75, 3.05) is 0 Å². The summed E-state index contributed by atoms with van der Waals surface area (Å²) >= 11 is 0. The predicted molar refractivity (Wildman–Crippen MR) is 82.3 cm³/mol. The Kier molecular flexibility index (Phi) is 8.87. The van der Waals surface area contributed by atoms with Crippen LogP contribution in [0.1, 0.15) is 38.3 Å². The van der Waals surface area contributed by atoms with E-state index < -0.39 is 30.4 Å².